The van der Waals surface area contributed by atoms with Crippen molar-refractivity contribution >= 4 is 0 Å². The molecule has 5 heteroatoms. The van der Waals surface area contributed by atoms with Gasteiger partial charge in [0.05, 0.1) is 17.8 Å². The standard InChI is InChI=1S/C31H50O5/c1-17-15-18-23(26(4,5)34-8)36-31(35-18)22(17)27(6)13-14-30-16-29(30)12-11-21(32)25(2,3)19(29)9-10-20(30)28(27,7)24(31)33/h17-24,32-33H,9-16H2,1-8H3/t17?,18?,19?,20?,21-,22?,23-,24+,27+,28+,29+,30-,31?/m0/s1. The van der Waals surface area contributed by atoms with E-state index in [9.17, 15) is 10.2 Å². The van der Waals surface area contributed by atoms with E-state index < -0.39 is 17.5 Å². The van der Waals surface area contributed by atoms with Gasteiger partial charge in [-0.25, -0.2) is 0 Å². The second kappa shape index (κ2) is 6.74. The van der Waals surface area contributed by atoms with Crippen LogP contribution in [0.4, 0.5) is 0 Å². The Hall–Kier alpha value is -0.200. The molecule has 5 aliphatic carbocycles. The van der Waals surface area contributed by atoms with Gasteiger partial charge in [-0.1, -0.05) is 34.6 Å². The molecule has 36 heavy (non-hydrogen) atoms. The van der Waals surface area contributed by atoms with Gasteiger partial charge < -0.3 is 24.4 Å². The normalized spacial score (nSPS) is 62.5. The molecule has 6 unspecified atom stereocenters. The van der Waals surface area contributed by atoms with Crippen molar-refractivity contribution in [3.8, 4) is 0 Å². The van der Waals surface area contributed by atoms with Crippen molar-refractivity contribution in [2.45, 2.75) is 136 Å². The minimum atomic E-state index is -0.932. The number of aliphatic hydroxyl groups excluding tert-OH is 2. The fourth-order valence-corrected chi connectivity index (χ4v) is 12.8. The lowest BCUT2D eigenvalue weighted by atomic mass is 9.41. The van der Waals surface area contributed by atoms with E-state index in [1.165, 1.54) is 19.3 Å². The Labute approximate surface area is 218 Å². The highest BCUT2D eigenvalue weighted by molar-refractivity contribution is 5.34. The molecule has 2 heterocycles. The molecular weight excluding hydrogens is 452 g/mol. The first kappa shape index (κ1) is 24.8. The van der Waals surface area contributed by atoms with Gasteiger partial charge >= 0.3 is 0 Å². The van der Waals surface area contributed by atoms with Gasteiger partial charge in [0.2, 0.25) is 0 Å². The largest absolute Gasteiger partial charge is 0.393 e. The van der Waals surface area contributed by atoms with Crippen molar-refractivity contribution in [1.29, 1.82) is 0 Å². The SMILES string of the molecule is COC(C)(C)[C@H]1OC23OC1CC(C)C2[C@@]1(C)CC[C@@]24C[C@@]25CC[C@H](O)C(C)(C)C5CCC4[C@]1(C)[C@H]3O. The molecule has 7 fully saturated rings. The van der Waals surface area contributed by atoms with Gasteiger partial charge in [0.15, 0.2) is 5.79 Å². The molecule has 2 N–H and O–H groups in total. The third kappa shape index (κ3) is 2.33. The molecule has 2 aliphatic heterocycles. The number of fused-ring (bicyclic) bond motifs is 4. The van der Waals surface area contributed by atoms with Crippen LogP contribution in [0, 0.1) is 50.7 Å². The summed E-state index contributed by atoms with van der Waals surface area (Å²) in [5.74, 6) is 0.761. The van der Waals surface area contributed by atoms with E-state index in [0.29, 0.717) is 28.6 Å². The molecule has 0 aromatic heterocycles. The summed E-state index contributed by atoms with van der Waals surface area (Å²) in [5, 5.41) is 23.5. The molecule has 0 aromatic carbocycles. The van der Waals surface area contributed by atoms with Crippen molar-refractivity contribution < 1.29 is 24.4 Å². The minimum absolute atomic E-state index is 0.0201. The smallest absolute Gasteiger partial charge is 0.199 e. The van der Waals surface area contributed by atoms with E-state index in [2.05, 4.69) is 48.5 Å². The number of rotatable bonds is 2. The quantitative estimate of drug-likeness (QED) is 0.535. The van der Waals surface area contributed by atoms with E-state index in [-0.39, 0.29) is 40.5 Å². The molecule has 13 atom stereocenters. The number of methoxy groups -OCH3 is 1. The highest BCUT2D eigenvalue weighted by atomic mass is 16.8. The average Bonchev–Trinajstić information content (AvgIpc) is 3.34. The van der Waals surface area contributed by atoms with Gasteiger partial charge in [-0.2, -0.15) is 0 Å². The van der Waals surface area contributed by atoms with Crippen LogP contribution in [-0.4, -0.2) is 53.1 Å². The van der Waals surface area contributed by atoms with E-state index in [0.717, 1.165) is 32.1 Å². The highest BCUT2D eigenvalue weighted by Crippen LogP contribution is 2.90. The van der Waals surface area contributed by atoms with E-state index in [1.807, 2.05) is 0 Å². The van der Waals surface area contributed by atoms with E-state index in [1.54, 1.807) is 7.11 Å². The Bertz CT molecular complexity index is 978. The third-order valence-corrected chi connectivity index (χ3v) is 14.7. The molecule has 7 aliphatic rings. The number of aliphatic hydroxyl groups is 2. The molecular formula is C31H50O5. The lowest BCUT2D eigenvalue weighted by molar-refractivity contribution is -0.283. The van der Waals surface area contributed by atoms with Crippen LogP contribution in [0.5, 0.6) is 0 Å². The maximum absolute atomic E-state index is 12.6. The van der Waals surface area contributed by atoms with Crippen molar-refractivity contribution in [2.24, 2.45) is 50.7 Å². The van der Waals surface area contributed by atoms with Crippen molar-refractivity contribution in [1.82, 2.24) is 0 Å². The van der Waals surface area contributed by atoms with Gasteiger partial charge in [0.25, 0.3) is 0 Å². The van der Waals surface area contributed by atoms with Crippen molar-refractivity contribution in [3.05, 3.63) is 0 Å². The Morgan fingerprint density at radius 3 is 2.25 bits per heavy atom. The van der Waals surface area contributed by atoms with Gasteiger partial charge in [-0.15, -0.1) is 0 Å². The van der Waals surface area contributed by atoms with Crippen LogP contribution in [-0.2, 0) is 14.2 Å². The molecule has 3 spiro atoms. The molecule has 0 amide bonds. The second-order valence-corrected chi connectivity index (χ2v) is 16.1. The van der Waals surface area contributed by atoms with Gasteiger partial charge in [0.1, 0.15) is 12.2 Å². The summed E-state index contributed by atoms with van der Waals surface area (Å²) >= 11 is 0. The van der Waals surface area contributed by atoms with Gasteiger partial charge in [0, 0.05) is 18.4 Å². The molecule has 0 aromatic rings. The zero-order valence-corrected chi connectivity index (χ0v) is 23.9. The van der Waals surface area contributed by atoms with Crippen LogP contribution in [0.2, 0.25) is 0 Å². The molecule has 2 bridgehead atoms. The number of hydrogen-bond acceptors (Lipinski definition) is 5. The summed E-state index contributed by atoms with van der Waals surface area (Å²) in [4.78, 5) is 0. The van der Waals surface area contributed by atoms with Crippen molar-refractivity contribution in [2.75, 3.05) is 7.11 Å². The Kier molecular flexibility index (Phi) is 4.65. The maximum Gasteiger partial charge on any atom is 0.199 e. The lowest BCUT2D eigenvalue weighted by Crippen LogP contribution is -2.60. The number of ether oxygens (including phenoxy) is 3. The van der Waals surface area contributed by atoms with Crippen LogP contribution in [0.25, 0.3) is 0 Å². The Morgan fingerprint density at radius 1 is 0.889 bits per heavy atom. The first-order valence-electron chi connectivity index (χ1n) is 14.9. The zero-order chi connectivity index (χ0) is 25.9. The predicted molar refractivity (Wildman–Crippen MR) is 137 cm³/mol. The van der Waals surface area contributed by atoms with Crippen LogP contribution in [0.1, 0.15) is 99.8 Å². The molecule has 5 nitrogen and oxygen atoms in total. The Morgan fingerprint density at radius 2 is 1.56 bits per heavy atom. The highest BCUT2D eigenvalue weighted by Gasteiger charge is 2.88. The summed E-state index contributed by atoms with van der Waals surface area (Å²) in [7, 11) is 1.76. The molecule has 7 rings (SSSR count). The van der Waals surface area contributed by atoms with Crippen LogP contribution in [0.15, 0.2) is 0 Å². The van der Waals surface area contributed by atoms with Crippen LogP contribution < -0.4 is 0 Å². The van der Waals surface area contributed by atoms with Crippen molar-refractivity contribution in [3.63, 3.8) is 0 Å². The Balaban J connectivity index is 1.32. The minimum Gasteiger partial charge on any atom is -0.393 e. The summed E-state index contributed by atoms with van der Waals surface area (Å²) < 4.78 is 19.8. The van der Waals surface area contributed by atoms with Crippen LogP contribution >= 0.6 is 0 Å². The predicted octanol–water partition coefficient (Wildman–Crippen LogP) is 5.31. The number of hydrogen-bond donors (Lipinski definition) is 2. The third-order valence-electron chi connectivity index (χ3n) is 14.7. The average molecular weight is 503 g/mol. The summed E-state index contributed by atoms with van der Waals surface area (Å²) in [5.41, 5.74) is -0.113. The lowest BCUT2D eigenvalue weighted by Gasteiger charge is -2.63. The van der Waals surface area contributed by atoms with Crippen LogP contribution in [0.3, 0.4) is 0 Å². The maximum atomic E-state index is 12.6. The van der Waals surface area contributed by atoms with E-state index >= 15 is 0 Å². The summed E-state index contributed by atoms with van der Waals surface area (Å²) in [6.45, 7) is 16.1. The monoisotopic (exact) mass is 502 g/mol. The molecule has 2 saturated heterocycles. The summed E-state index contributed by atoms with van der Waals surface area (Å²) in [6.07, 6.45) is 8.04. The first-order chi connectivity index (χ1) is 16.7. The topological polar surface area (TPSA) is 68.2 Å². The molecule has 5 saturated carbocycles. The zero-order valence-electron chi connectivity index (χ0n) is 23.9. The first-order valence-corrected chi connectivity index (χ1v) is 14.9. The fourth-order valence-electron chi connectivity index (χ4n) is 12.8. The fraction of sp³-hybridized carbons (Fsp3) is 1.00. The van der Waals surface area contributed by atoms with E-state index in [4.69, 9.17) is 14.2 Å². The van der Waals surface area contributed by atoms with Gasteiger partial charge in [-0.05, 0) is 105 Å². The summed E-state index contributed by atoms with van der Waals surface area (Å²) in [6, 6.07) is 0. The van der Waals surface area contributed by atoms with Gasteiger partial charge in [-0.3, -0.25) is 0 Å². The second-order valence-electron chi connectivity index (χ2n) is 16.1. The molecule has 0 radical (unpaired) electrons. The molecule has 204 valence electrons.